The number of nitrogens with zero attached hydrogens (tertiary/aromatic N) is 3. The van der Waals surface area contributed by atoms with Gasteiger partial charge in [-0.25, -0.2) is 4.98 Å². The number of aromatic nitrogens is 3. The second-order valence-corrected chi connectivity index (χ2v) is 5.62. The summed E-state index contributed by atoms with van der Waals surface area (Å²) in [5, 5.41) is 3.23. The molecule has 0 saturated carbocycles. The summed E-state index contributed by atoms with van der Waals surface area (Å²) >= 11 is 0. The van der Waals surface area contributed by atoms with E-state index in [4.69, 9.17) is 4.74 Å². The molecule has 0 radical (unpaired) electrons. The third-order valence-electron chi connectivity index (χ3n) is 3.76. The SMILES string of the molecule is O=C(CCn1cnc2ccccc2c1=O)NCC#CCOc1cccnc1. The average molecular weight is 362 g/mol. The fourth-order valence-electron chi connectivity index (χ4n) is 2.38. The van der Waals surface area contributed by atoms with Crippen LogP contribution in [0.3, 0.4) is 0 Å². The summed E-state index contributed by atoms with van der Waals surface area (Å²) in [6, 6.07) is 10.7. The molecule has 0 aliphatic carbocycles. The molecule has 0 aliphatic heterocycles. The standard InChI is InChI=1S/C20H18N4O3/c25-19(22-11-3-4-13-27-16-6-5-10-21-14-16)9-12-24-15-23-18-8-2-1-7-17(18)20(24)26/h1-2,5-8,10,14-15H,9,11-13H2,(H,22,25). The van der Waals surface area contributed by atoms with Crippen molar-refractivity contribution < 1.29 is 9.53 Å². The van der Waals surface area contributed by atoms with E-state index < -0.39 is 0 Å². The first-order valence-corrected chi connectivity index (χ1v) is 8.43. The zero-order chi connectivity index (χ0) is 18.9. The Balaban J connectivity index is 1.42. The Bertz CT molecular complexity index is 1040. The molecule has 2 heterocycles. The number of carbonyl (C=O) groups is 1. The average Bonchev–Trinajstić information content (AvgIpc) is 2.71. The summed E-state index contributed by atoms with van der Waals surface area (Å²) in [6.45, 7) is 0.708. The lowest BCUT2D eigenvalue weighted by Crippen LogP contribution is -2.27. The Morgan fingerprint density at radius 3 is 2.93 bits per heavy atom. The zero-order valence-corrected chi connectivity index (χ0v) is 14.6. The van der Waals surface area contributed by atoms with E-state index in [9.17, 15) is 9.59 Å². The summed E-state index contributed by atoms with van der Waals surface area (Å²) < 4.78 is 6.81. The number of rotatable bonds is 6. The van der Waals surface area contributed by atoms with Gasteiger partial charge in [0.2, 0.25) is 5.91 Å². The molecule has 1 aromatic carbocycles. The van der Waals surface area contributed by atoms with Gasteiger partial charge in [-0.3, -0.25) is 19.1 Å². The summed E-state index contributed by atoms with van der Waals surface area (Å²) in [5.41, 5.74) is 0.493. The Kier molecular flexibility index (Phi) is 6.15. The first-order valence-electron chi connectivity index (χ1n) is 8.43. The maximum Gasteiger partial charge on any atom is 0.261 e. The summed E-state index contributed by atoms with van der Waals surface area (Å²) in [6.07, 6.45) is 4.91. The van der Waals surface area contributed by atoms with Crippen molar-refractivity contribution in [3.8, 4) is 17.6 Å². The van der Waals surface area contributed by atoms with E-state index >= 15 is 0 Å². The van der Waals surface area contributed by atoms with Gasteiger partial charge in [0.15, 0.2) is 0 Å². The van der Waals surface area contributed by atoms with Crippen molar-refractivity contribution in [2.24, 2.45) is 0 Å². The molecule has 0 unspecified atom stereocenters. The molecule has 3 aromatic rings. The number of pyridine rings is 1. The molecule has 0 atom stereocenters. The maximum absolute atomic E-state index is 12.3. The van der Waals surface area contributed by atoms with Crippen LogP contribution in [0.2, 0.25) is 0 Å². The largest absolute Gasteiger partial charge is 0.479 e. The summed E-state index contributed by atoms with van der Waals surface area (Å²) in [5.74, 6) is 6.09. The highest BCUT2D eigenvalue weighted by molar-refractivity contribution is 5.77. The van der Waals surface area contributed by atoms with Crippen molar-refractivity contribution >= 4 is 16.8 Å². The molecule has 7 nitrogen and oxygen atoms in total. The van der Waals surface area contributed by atoms with Crippen LogP contribution < -0.4 is 15.6 Å². The van der Waals surface area contributed by atoms with Gasteiger partial charge in [-0.1, -0.05) is 24.0 Å². The van der Waals surface area contributed by atoms with Gasteiger partial charge in [0.05, 0.1) is 30.0 Å². The number of nitrogens with one attached hydrogen (secondary N) is 1. The molecule has 1 N–H and O–H groups in total. The molecule has 3 rings (SSSR count). The van der Waals surface area contributed by atoms with Crippen molar-refractivity contribution in [1.29, 1.82) is 0 Å². The van der Waals surface area contributed by atoms with Gasteiger partial charge in [-0.15, -0.1) is 0 Å². The van der Waals surface area contributed by atoms with Crippen molar-refractivity contribution in [2.75, 3.05) is 13.2 Å². The highest BCUT2D eigenvalue weighted by atomic mass is 16.5. The Morgan fingerprint density at radius 2 is 2.07 bits per heavy atom. The van der Waals surface area contributed by atoms with Gasteiger partial charge >= 0.3 is 0 Å². The van der Waals surface area contributed by atoms with Crippen LogP contribution in [-0.2, 0) is 11.3 Å². The van der Waals surface area contributed by atoms with Crippen LogP contribution in [-0.4, -0.2) is 33.6 Å². The van der Waals surface area contributed by atoms with E-state index in [0.717, 1.165) is 0 Å². The Morgan fingerprint density at radius 1 is 1.19 bits per heavy atom. The fourth-order valence-corrected chi connectivity index (χ4v) is 2.38. The van der Waals surface area contributed by atoms with Gasteiger partial charge in [0.25, 0.3) is 5.56 Å². The molecule has 0 spiro atoms. The zero-order valence-electron chi connectivity index (χ0n) is 14.6. The molecule has 0 saturated heterocycles. The predicted octanol–water partition coefficient (Wildman–Crippen LogP) is 1.38. The number of aryl methyl sites for hydroxylation is 1. The van der Waals surface area contributed by atoms with Crippen LogP contribution in [0.25, 0.3) is 10.9 Å². The molecule has 136 valence electrons. The van der Waals surface area contributed by atoms with Gasteiger partial charge < -0.3 is 10.1 Å². The van der Waals surface area contributed by atoms with Crippen molar-refractivity contribution in [1.82, 2.24) is 19.9 Å². The predicted molar refractivity (Wildman–Crippen MR) is 101 cm³/mol. The van der Waals surface area contributed by atoms with Gasteiger partial charge in [-0.05, 0) is 24.3 Å². The van der Waals surface area contributed by atoms with E-state index in [-0.39, 0.29) is 37.6 Å². The molecule has 1 amide bonds. The van der Waals surface area contributed by atoms with Crippen LogP contribution >= 0.6 is 0 Å². The van der Waals surface area contributed by atoms with E-state index in [1.165, 1.54) is 10.9 Å². The normalized spacial score (nSPS) is 10.1. The van der Waals surface area contributed by atoms with Gasteiger partial charge in [0, 0.05) is 19.2 Å². The molecule has 2 aromatic heterocycles. The second kappa shape index (κ2) is 9.15. The highest BCUT2D eigenvalue weighted by Gasteiger charge is 2.05. The minimum Gasteiger partial charge on any atom is -0.479 e. The number of amides is 1. The van der Waals surface area contributed by atoms with E-state index in [1.807, 2.05) is 6.07 Å². The third kappa shape index (κ3) is 5.16. The monoisotopic (exact) mass is 362 g/mol. The van der Waals surface area contributed by atoms with Crippen molar-refractivity contribution in [2.45, 2.75) is 13.0 Å². The topological polar surface area (TPSA) is 86.1 Å². The smallest absolute Gasteiger partial charge is 0.261 e. The lowest BCUT2D eigenvalue weighted by molar-refractivity contribution is -0.121. The minimum atomic E-state index is -0.183. The highest BCUT2D eigenvalue weighted by Crippen LogP contribution is 2.05. The van der Waals surface area contributed by atoms with Gasteiger partial charge in [-0.2, -0.15) is 0 Å². The maximum atomic E-state index is 12.3. The van der Waals surface area contributed by atoms with E-state index in [2.05, 4.69) is 27.1 Å². The summed E-state index contributed by atoms with van der Waals surface area (Å²) in [4.78, 5) is 32.4. The van der Waals surface area contributed by atoms with Crippen LogP contribution in [0.1, 0.15) is 6.42 Å². The number of ether oxygens (including phenoxy) is 1. The van der Waals surface area contributed by atoms with Crippen molar-refractivity contribution in [3.05, 3.63) is 65.5 Å². The number of carbonyl (C=O) groups excluding carboxylic acids is 1. The third-order valence-corrected chi connectivity index (χ3v) is 3.76. The molecule has 27 heavy (non-hydrogen) atoms. The second-order valence-electron chi connectivity index (χ2n) is 5.62. The molecule has 0 aliphatic rings. The molecule has 0 bridgehead atoms. The molecular weight excluding hydrogens is 344 g/mol. The number of benzene rings is 1. The van der Waals surface area contributed by atoms with Crippen molar-refractivity contribution in [3.63, 3.8) is 0 Å². The first-order chi connectivity index (χ1) is 13.2. The molecule has 7 heteroatoms. The minimum absolute atomic E-state index is 0.152. The van der Waals surface area contributed by atoms with Crippen LogP contribution in [0, 0.1) is 11.8 Å². The Hall–Kier alpha value is -3.66. The lowest BCUT2D eigenvalue weighted by Gasteiger charge is -2.06. The van der Waals surface area contributed by atoms with Crippen LogP contribution in [0.5, 0.6) is 5.75 Å². The van der Waals surface area contributed by atoms with Crippen LogP contribution in [0.15, 0.2) is 59.9 Å². The summed E-state index contributed by atoms with van der Waals surface area (Å²) in [7, 11) is 0. The first kappa shape index (κ1) is 18.1. The lowest BCUT2D eigenvalue weighted by atomic mass is 10.2. The number of para-hydroxylation sites is 1. The number of hydrogen-bond donors (Lipinski definition) is 1. The fraction of sp³-hybridized carbons (Fsp3) is 0.200. The Labute approximate surface area is 156 Å². The quantitative estimate of drug-likeness (QED) is 0.670. The van der Waals surface area contributed by atoms with E-state index in [0.29, 0.717) is 16.7 Å². The van der Waals surface area contributed by atoms with E-state index in [1.54, 1.807) is 42.7 Å². The molecule has 0 fully saturated rings. The van der Waals surface area contributed by atoms with Crippen LogP contribution in [0.4, 0.5) is 0 Å². The number of hydrogen-bond acceptors (Lipinski definition) is 5. The molecular formula is C20H18N4O3. The number of fused-ring (bicyclic) bond motifs is 1. The van der Waals surface area contributed by atoms with Gasteiger partial charge in [0.1, 0.15) is 12.4 Å².